The number of nitrogens with one attached hydrogen (secondary N) is 2. The molecule has 0 radical (unpaired) electrons. The van der Waals surface area contributed by atoms with E-state index in [0.717, 1.165) is 26.4 Å². The second kappa shape index (κ2) is 8.70. The van der Waals surface area contributed by atoms with E-state index < -0.39 is 0 Å². The number of anilines is 1. The smallest absolute Gasteiger partial charge is 0.258 e. The molecular weight excluding hydrogens is 457 g/mol. The second-order valence-corrected chi connectivity index (χ2v) is 8.83. The molecule has 4 aromatic rings. The molecule has 0 saturated heterocycles. The van der Waals surface area contributed by atoms with Crippen LogP contribution in [0.25, 0.3) is 20.8 Å². The van der Waals surface area contributed by atoms with Gasteiger partial charge >= 0.3 is 0 Å². The van der Waals surface area contributed by atoms with Crippen molar-refractivity contribution < 1.29 is 4.79 Å². The van der Waals surface area contributed by atoms with Crippen LogP contribution >= 0.6 is 46.8 Å². The van der Waals surface area contributed by atoms with E-state index in [9.17, 15) is 4.79 Å². The van der Waals surface area contributed by atoms with Crippen LogP contribution in [0.15, 0.2) is 60.7 Å². The lowest BCUT2D eigenvalue weighted by atomic mass is 10.1. The number of fused-ring (bicyclic) bond motifs is 1. The summed E-state index contributed by atoms with van der Waals surface area (Å²) in [4.78, 5) is 17.1. The number of hydrogen-bond acceptors (Lipinski definition) is 4. The summed E-state index contributed by atoms with van der Waals surface area (Å²) in [7, 11) is 0. The first-order valence-corrected chi connectivity index (χ1v) is 10.9. The second-order valence-electron chi connectivity index (χ2n) is 6.57. The molecule has 0 unspecified atom stereocenters. The molecule has 1 aromatic heterocycles. The monoisotopic (exact) mass is 471 g/mol. The Hall–Kier alpha value is -2.51. The first-order chi connectivity index (χ1) is 14.4. The number of thiocarbonyl (C=S) groups is 1. The van der Waals surface area contributed by atoms with Crippen molar-refractivity contribution in [2.75, 3.05) is 5.32 Å². The first kappa shape index (κ1) is 20.8. The molecule has 0 spiro atoms. The molecule has 0 aliphatic heterocycles. The lowest BCUT2D eigenvalue weighted by molar-refractivity contribution is 0.0978. The van der Waals surface area contributed by atoms with Crippen LogP contribution in [0.3, 0.4) is 0 Å². The third-order valence-electron chi connectivity index (χ3n) is 4.35. The lowest BCUT2D eigenvalue weighted by Crippen LogP contribution is -2.34. The molecule has 0 fully saturated rings. The fourth-order valence-electron chi connectivity index (χ4n) is 2.89. The molecule has 0 saturated carbocycles. The summed E-state index contributed by atoms with van der Waals surface area (Å²) in [6.07, 6.45) is 0. The van der Waals surface area contributed by atoms with Crippen LogP contribution in [0.2, 0.25) is 10.0 Å². The summed E-state index contributed by atoms with van der Waals surface area (Å²) in [5.41, 5.74) is 3.76. The molecule has 30 heavy (non-hydrogen) atoms. The molecule has 0 bridgehead atoms. The van der Waals surface area contributed by atoms with Crippen LogP contribution in [0, 0.1) is 6.92 Å². The van der Waals surface area contributed by atoms with Crippen molar-refractivity contribution in [3.63, 3.8) is 0 Å². The van der Waals surface area contributed by atoms with E-state index in [-0.39, 0.29) is 11.0 Å². The average Bonchev–Trinajstić information content (AvgIpc) is 3.11. The number of aromatic nitrogens is 1. The molecule has 0 aliphatic carbocycles. The quantitative estimate of drug-likeness (QED) is 0.326. The Kier molecular flexibility index (Phi) is 6.01. The van der Waals surface area contributed by atoms with Crippen molar-refractivity contribution in [3.8, 4) is 10.6 Å². The molecular formula is C22H15Cl2N3OS2. The van der Waals surface area contributed by atoms with Crippen LogP contribution in [-0.4, -0.2) is 16.0 Å². The van der Waals surface area contributed by atoms with E-state index in [0.29, 0.717) is 21.3 Å². The topological polar surface area (TPSA) is 54.0 Å². The van der Waals surface area contributed by atoms with Crippen LogP contribution < -0.4 is 10.6 Å². The molecule has 0 atom stereocenters. The zero-order valence-electron chi connectivity index (χ0n) is 15.7. The van der Waals surface area contributed by atoms with Gasteiger partial charge in [-0.15, -0.1) is 11.3 Å². The summed E-state index contributed by atoms with van der Waals surface area (Å²) in [6, 6.07) is 18.6. The highest BCUT2D eigenvalue weighted by Gasteiger charge is 2.14. The van der Waals surface area contributed by atoms with Crippen LogP contribution in [0.1, 0.15) is 15.9 Å². The molecule has 0 aliphatic rings. The standard InChI is InChI=1S/C22H15Cl2N3OS2/c1-12-6-8-14(16(23)10-12)20(28)27-22(29)25-13-7-9-15(17(24)11-13)21-26-18-4-2-3-5-19(18)30-21/h2-11H,1H3,(H2,25,27,28,29). The molecule has 3 aromatic carbocycles. The first-order valence-electron chi connectivity index (χ1n) is 8.95. The number of benzene rings is 3. The predicted molar refractivity (Wildman–Crippen MR) is 130 cm³/mol. The molecule has 2 N–H and O–H groups in total. The normalized spacial score (nSPS) is 10.8. The van der Waals surface area contributed by atoms with Gasteiger partial charge in [0.2, 0.25) is 0 Å². The number of rotatable bonds is 3. The van der Waals surface area contributed by atoms with Gasteiger partial charge < -0.3 is 5.32 Å². The van der Waals surface area contributed by atoms with Crippen LogP contribution in [0.4, 0.5) is 5.69 Å². The lowest BCUT2D eigenvalue weighted by Gasteiger charge is -2.11. The van der Waals surface area contributed by atoms with Gasteiger partial charge in [-0.25, -0.2) is 4.98 Å². The van der Waals surface area contributed by atoms with Crippen molar-refractivity contribution in [3.05, 3.63) is 81.8 Å². The number of hydrogen-bond donors (Lipinski definition) is 2. The average molecular weight is 472 g/mol. The molecule has 150 valence electrons. The number of para-hydroxylation sites is 1. The Morgan fingerprint density at radius 3 is 2.57 bits per heavy atom. The predicted octanol–water partition coefficient (Wildman–Crippen LogP) is 6.71. The van der Waals surface area contributed by atoms with Gasteiger partial charge in [0.1, 0.15) is 5.01 Å². The van der Waals surface area contributed by atoms with E-state index in [4.69, 9.17) is 35.4 Å². The zero-order chi connectivity index (χ0) is 21.3. The van der Waals surface area contributed by atoms with Gasteiger partial charge in [0.25, 0.3) is 5.91 Å². The molecule has 1 heterocycles. The number of carbonyl (C=O) groups excluding carboxylic acids is 1. The third-order valence-corrected chi connectivity index (χ3v) is 6.25. The van der Waals surface area contributed by atoms with Gasteiger partial charge in [0.05, 0.1) is 25.8 Å². The largest absolute Gasteiger partial charge is 0.332 e. The Bertz CT molecular complexity index is 1250. The van der Waals surface area contributed by atoms with Crippen LogP contribution in [0.5, 0.6) is 0 Å². The van der Waals surface area contributed by atoms with Gasteiger partial charge in [-0.2, -0.15) is 0 Å². The van der Waals surface area contributed by atoms with Crippen molar-refractivity contribution in [1.82, 2.24) is 10.3 Å². The van der Waals surface area contributed by atoms with E-state index in [1.165, 1.54) is 0 Å². The summed E-state index contributed by atoms with van der Waals surface area (Å²) in [5.74, 6) is -0.380. The minimum absolute atomic E-state index is 0.153. The van der Waals surface area contributed by atoms with Crippen molar-refractivity contribution in [2.45, 2.75) is 6.92 Å². The Labute approximate surface area is 192 Å². The molecule has 4 rings (SSSR count). The maximum Gasteiger partial charge on any atom is 0.258 e. The third kappa shape index (κ3) is 4.47. The maximum atomic E-state index is 12.4. The minimum atomic E-state index is -0.380. The highest BCUT2D eigenvalue weighted by molar-refractivity contribution is 7.80. The van der Waals surface area contributed by atoms with Gasteiger partial charge in [0, 0.05) is 11.3 Å². The van der Waals surface area contributed by atoms with Crippen molar-refractivity contribution in [2.24, 2.45) is 0 Å². The maximum absolute atomic E-state index is 12.4. The summed E-state index contributed by atoms with van der Waals surface area (Å²) in [6.45, 7) is 1.90. The van der Waals surface area contributed by atoms with E-state index in [2.05, 4.69) is 15.6 Å². The number of amides is 1. The Balaban J connectivity index is 1.47. The van der Waals surface area contributed by atoms with Gasteiger partial charge in [-0.3, -0.25) is 10.1 Å². The van der Waals surface area contributed by atoms with Crippen molar-refractivity contribution in [1.29, 1.82) is 0 Å². The minimum Gasteiger partial charge on any atom is -0.332 e. The molecule has 1 amide bonds. The molecule has 4 nitrogen and oxygen atoms in total. The number of thiazole rings is 1. The number of nitrogens with zero attached hydrogens (tertiary/aromatic N) is 1. The zero-order valence-corrected chi connectivity index (χ0v) is 18.8. The van der Waals surface area contributed by atoms with Crippen LogP contribution in [-0.2, 0) is 0 Å². The Morgan fingerprint density at radius 2 is 1.83 bits per heavy atom. The van der Waals surface area contributed by atoms with Gasteiger partial charge in [-0.05, 0) is 67.2 Å². The number of aryl methyl sites for hydroxylation is 1. The highest BCUT2D eigenvalue weighted by Crippen LogP contribution is 2.35. The van der Waals surface area contributed by atoms with E-state index in [1.54, 1.807) is 29.5 Å². The SMILES string of the molecule is Cc1ccc(C(=O)NC(=S)Nc2ccc(-c3nc4ccccc4s3)c(Cl)c2)c(Cl)c1. The van der Waals surface area contributed by atoms with Gasteiger partial charge in [-0.1, -0.05) is 41.4 Å². The van der Waals surface area contributed by atoms with E-state index >= 15 is 0 Å². The van der Waals surface area contributed by atoms with E-state index in [1.807, 2.05) is 49.4 Å². The highest BCUT2D eigenvalue weighted by atomic mass is 35.5. The fourth-order valence-corrected chi connectivity index (χ4v) is 4.75. The van der Waals surface area contributed by atoms with Crippen molar-refractivity contribution >= 4 is 73.7 Å². The van der Waals surface area contributed by atoms with Gasteiger partial charge in [0.15, 0.2) is 5.11 Å². The fraction of sp³-hybridized carbons (Fsp3) is 0.0455. The molecule has 8 heteroatoms. The summed E-state index contributed by atoms with van der Waals surface area (Å²) < 4.78 is 1.10. The summed E-state index contributed by atoms with van der Waals surface area (Å²) >= 11 is 19.5. The number of carbonyl (C=O) groups is 1. The number of halogens is 2. The summed E-state index contributed by atoms with van der Waals surface area (Å²) in [5, 5.41) is 7.52. The Morgan fingerprint density at radius 1 is 1.03 bits per heavy atom.